The summed E-state index contributed by atoms with van der Waals surface area (Å²) >= 11 is 0. The molecule has 0 saturated carbocycles. The van der Waals surface area contributed by atoms with Crippen molar-refractivity contribution in [2.45, 2.75) is 5.41 Å². The van der Waals surface area contributed by atoms with E-state index in [-0.39, 0.29) is 0 Å². The summed E-state index contributed by atoms with van der Waals surface area (Å²) in [5, 5.41) is 6.15. The second-order valence-electron chi connectivity index (χ2n) is 15.8. The maximum atomic E-state index is 5.56. The first kappa shape index (κ1) is 31.6. The molecule has 1 spiro atoms. The topological polar surface area (TPSA) is 17.8 Å². The Balaban J connectivity index is 1.03. The molecule has 0 atom stereocenters. The molecule has 268 valence electrons. The van der Waals surface area contributed by atoms with Crippen LogP contribution in [-0.4, -0.2) is 9.55 Å². The first-order chi connectivity index (χ1) is 28.8. The number of rotatable bonds is 3. The van der Waals surface area contributed by atoms with E-state index in [0.717, 1.165) is 28.0 Å². The van der Waals surface area contributed by atoms with Gasteiger partial charge in [0.2, 0.25) is 0 Å². The zero-order valence-electron chi connectivity index (χ0n) is 31.5. The van der Waals surface area contributed by atoms with Crippen molar-refractivity contribution in [3.63, 3.8) is 0 Å². The summed E-state index contributed by atoms with van der Waals surface area (Å²) in [6, 6.07) is 76.0. The summed E-state index contributed by atoms with van der Waals surface area (Å²) in [5.74, 6) is 0. The number of fused-ring (bicyclic) bond motifs is 17. The van der Waals surface area contributed by atoms with Gasteiger partial charge in [0, 0.05) is 32.8 Å². The van der Waals surface area contributed by atoms with Gasteiger partial charge in [0.1, 0.15) is 0 Å². The molecule has 2 aliphatic rings. The number of benzene rings is 9. The van der Waals surface area contributed by atoms with E-state index in [1.54, 1.807) is 0 Å². The Morgan fingerprint density at radius 3 is 1.60 bits per heavy atom. The van der Waals surface area contributed by atoms with Crippen molar-refractivity contribution in [1.29, 1.82) is 0 Å². The highest BCUT2D eigenvalue weighted by molar-refractivity contribution is 6.19. The van der Waals surface area contributed by atoms with E-state index >= 15 is 0 Å². The second-order valence-corrected chi connectivity index (χ2v) is 15.8. The third-order valence-electron chi connectivity index (χ3n) is 13.0. The zero-order valence-corrected chi connectivity index (χ0v) is 31.5. The predicted octanol–water partition coefficient (Wildman–Crippen LogP) is 14.2. The molecule has 0 fully saturated rings. The first-order valence-electron chi connectivity index (χ1n) is 20.1. The van der Waals surface area contributed by atoms with Crippen LogP contribution in [0.2, 0.25) is 0 Å². The van der Waals surface area contributed by atoms with Crippen molar-refractivity contribution in [1.82, 2.24) is 9.55 Å². The molecule has 11 aromatic rings. The molecule has 0 saturated heterocycles. The van der Waals surface area contributed by atoms with Crippen molar-refractivity contribution >= 4 is 43.5 Å². The molecule has 2 nitrogen and oxygen atoms in total. The zero-order chi connectivity index (χ0) is 38.0. The number of aromatic nitrogens is 2. The van der Waals surface area contributed by atoms with E-state index in [2.05, 4.69) is 211 Å². The Bertz CT molecular complexity index is 3410. The van der Waals surface area contributed by atoms with E-state index in [0.29, 0.717) is 0 Å². The standard InChI is InChI=1S/C56H34N2/c1-7-22-46-39(16-1)40-17-2-8-23-47(40)56(46)48-24-9-3-21-45(48)53-49(56)33-32-44-41-18-4-10-25-50(41)57-55(54(44)53)37-15-13-14-36(34-37)35-28-30-38(31-29-35)58-51-26-11-5-19-42(51)43-20-6-12-27-52(43)58/h1-34H. The van der Waals surface area contributed by atoms with Gasteiger partial charge in [-0.05, 0) is 97.4 Å². The maximum absolute atomic E-state index is 5.56. The molecule has 0 bridgehead atoms. The summed E-state index contributed by atoms with van der Waals surface area (Å²) < 4.78 is 2.38. The molecule has 0 aliphatic heterocycles. The van der Waals surface area contributed by atoms with Crippen LogP contribution in [-0.2, 0) is 5.41 Å². The Labute approximate surface area is 335 Å². The van der Waals surface area contributed by atoms with Gasteiger partial charge in [0.05, 0.1) is 27.7 Å². The van der Waals surface area contributed by atoms with Gasteiger partial charge in [-0.25, -0.2) is 4.98 Å². The molecule has 2 aliphatic carbocycles. The lowest BCUT2D eigenvalue weighted by atomic mass is 9.70. The average Bonchev–Trinajstić information content (AvgIpc) is 3.91. The third kappa shape index (κ3) is 4.08. The summed E-state index contributed by atoms with van der Waals surface area (Å²) in [5.41, 5.74) is 19.2. The highest BCUT2D eigenvalue weighted by Gasteiger charge is 2.52. The molecule has 2 aromatic heterocycles. The highest BCUT2D eigenvalue weighted by atomic mass is 15.0. The smallest absolute Gasteiger partial charge is 0.0794 e. The first-order valence-corrected chi connectivity index (χ1v) is 20.1. The lowest BCUT2D eigenvalue weighted by molar-refractivity contribution is 0.794. The van der Waals surface area contributed by atoms with Crippen LogP contribution in [0.4, 0.5) is 0 Å². The Morgan fingerprint density at radius 2 is 0.914 bits per heavy atom. The normalized spacial score (nSPS) is 13.3. The minimum atomic E-state index is -0.420. The average molecular weight is 735 g/mol. The molecule has 0 unspecified atom stereocenters. The van der Waals surface area contributed by atoms with Gasteiger partial charge in [0.15, 0.2) is 0 Å². The van der Waals surface area contributed by atoms with Gasteiger partial charge >= 0.3 is 0 Å². The van der Waals surface area contributed by atoms with E-state index in [1.807, 2.05) is 0 Å². The van der Waals surface area contributed by atoms with Gasteiger partial charge < -0.3 is 4.57 Å². The summed E-state index contributed by atoms with van der Waals surface area (Å²) in [4.78, 5) is 5.56. The Morgan fingerprint density at radius 1 is 0.362 bits per heavy atom. The summed E-state index contributed by atoms with van der Waals surface area (Å²) in [6.45, 7) is 0. The van der Waals surface area contributed by atoms with Crippen molar-refractivity contribution in [2.24, 2.45) is 0 Å². The molecular weight excluding hydrogens is 701 g/mol. The minimum absolute atomic E-state index is 0.420. The monoisotopic (exact) mass is 734 g/mol. The van der Waals surface area contributed by atoms with Crippen LogP contribution in [0.15, 0.2) is 206 Å². The van der Waals surface area contributed by atoms with Crippen molar-refractivity contribution in [2.75, 3.05) is 0 Å². The molecule has 0 radical (unpaired) electrons. The molecule has 2 heterocycles. The fraction of sp³-hybridized carbons (Fsp3) is 0.0179. The Hall–Kier alpha value is -7.55. The van der Waals surface area contributed by atoms with Crippen LogP contribution in [0.1, 0.15) is 22.3 Å². The third-order valence-corrected chi connectivity index (χ3v) is 13.0. The maximum Gasteiger partial charge on any atom is 0.0794 e. The molecule has 0 amide bonds. The number of pyridine rings is 1. The molecule has 9 aromatic carbocycles. The minimum Gasteiger partial charge on any atom is -0.309 e. The quantitative estimate of drug-likeness (QED) is 0.165. The number of nitrogens with zero attached hydrogens (tertiary/aromatic N) is 2. The van der Waals surface area contributed by atoms with Crippen molar-refractivity contribution < 1.29 is 0 Å². The Kier molecular flexibility index (Phi) is 6.40. The molecule has 0 N–H and O–H groups in total. The van der Waals surface area contributed by atoms with Gasteiger partial charge in [-0.3, -0.25) is 0 Å². The number of para-hydroxylation sites is 3. The fourth-order valence-electron chi connectivity index (χ4n) is 10.7. The number of hydrogen-bond donors (Lipinski definition) is 0. The molecule has 13 rings (SSSR count). The molecular formula is C56H34N2. The number of hydrogen-bond acceptors (Lipinski definition) is 1. The largest absolute Gasteiger partial charge is 0.309 e. The van der Waals surface area contributed by atoms with Gasteiger partial charge in [-0.15, -0.1) is 0 Å². The molecule has 58 heavy (non-hydrogen) atoms. The van der Waals surface area contributed by atoms with Gasteiger partial charge in [0.25, 0.3) is 0 Å². The van der Waals surface area contributed by atoms with Crippen LogP contribution in [0, 0.1) is 0 Å². The SMILES string of the molecule is c1cc(-c2ccc(-n3c4ccccc4c4ccccc43)cc2)cc(-c2nc3ccccc3c3ccc4c(c23)-c2ccccc2C42c3ccccc3-c3ccccc32)c1. The lowest BCUT2D eigenvalue weighted by Crippen LogP contribution is -2.25. The lowest BCUT2D eigenvalue weighted by Gasteiger charge is -2.30. The molecule has 2 heteroatoms. The van der Waals surface area contributed by atoms with Crippen LogP contribution in [0.3, 0.4) is 0 Å². The van der Waals surface area contributed by atoms with Crippen LogP contribution in [0.25, 0.3) is 93.8 Å². The van der Waals surface area contributed by atoms with Crippen LogP contribution >= 0.6 is 0 Å². The van der Waals surface area contributed by atoms with Gasteiger partial charge in [-0.1, -0.05) is 170 Å². The van der Waals surface area contributed by atoms with Crippen molar-refractivity contribution in [3.8, 4) is 50.3 Å². The van der Waals surface area contributed by atoms with E-state index in [9.17, 15) is 0 Å². The van der Waals surface area contributed by atoms with Crippen molar-refractivity contribution in [3.05, 3.63) is 229 Å². The highest BCUT2D eigenvalue weighted by Crippen LogP contribution is 2.64. The van der Waals surface area contributed by atoms with Crippen LogP contribution < -0.4 is 0 Å². The fourth-order valence-corrected chi connectivity index (χ4v) is 10.7. The van der Waals surface area contributed by atoms with E-state index in [1.165, 1.54) is 88.0 Å². The van der Waals surface area contributed by atoms with E-state index in [4.69, 9.17) is 4.98 Å². The van der Waals surface area contributed by atoms with E-state index < -0.39 is 5.41 Å². The van der Waals surface area contributed by atoms with Crippen LogP contribution in [0.5, 0.6) is 0 Å². The second kappa shape index (κ2) is 11.7. The van der Waals surface area contributed by atoms with Gasteiger partial charge in [-0.2, -0.15) is 0 Å². The summed E-state index contributed by atoms with van der Waals surface area (Å²) in [7, 11) is 0. The summed E-state index contributed by atoms with van der Waals surface area (Å²) in [6.07, 6.45) is 0. The predicted molar refractivity (Wildman–Crippen MR) is 241 cm³/mol.